The molecule has 2 aliphatic heterocycles. The molecule has 2 fully saturated rings. The summed E-state index contributed by atoms with van der Waals surface area (Å²) in [7, 11) is 0. The number of likely N-dealkylation sites (tertiary alicyclic amines) is 1. The highest BCUT2D eigenvalue weighted by atomic mass is 16.5. The summed E-state index contributed by atoms with van der Waals surface area (Å²) >= 11 is 0. The van der Waals surface area contributed by atoms with E-state index in [2.05, 4.69) is 28.9 Å². The van der Waals surface area contributed by atoms with Gasteiger partial charge in [-0.3, -0.25) is 9.80 Å². The smallest absolute Gasteiger partial charge is 0.119 e. The Morgan fingerprint density at radius 2 is 1.89 bits per heavy atom. The van der Waals surface area contributed by atoms with Crippen LogP contribution in [0.5, 0.6) is 5.75 Å². The summed E-state index contributed by atoms with van der Waals surface area (Å²) in [6.07, 6.45) is 2.26. The zero-order valence-corrected chi connectivity index (χ0v) is 17.2. The lowest BCUT2D eigenvalue weighted by Crippen LogP contribution is -2.52. The number of ether oxygens (including phenoxy) is 2. The Morgan fingerprint density at radius 3 is 2.54 bits per heavy atom. The normalized spacial score (nSPS) is 27.0. The molecule has 0 unspecified atom stereocenters. The van der Waals surface area contributed by atoms with Gasteiger partial charge >= 0.3 is 0 Å². The van der Waals surface area contributed by atoms with Gasteiger partial charge in [0.15, 0.2) is 0 Å². The highest BCUT2D eigenvalue weighted by molar-refractivity contribution is 5.27. The van der Waals surface area contributed by atoms with E-state index in [0.717, 1.165) is 70.9 Å². The molecule has 2 saturated heterocycles. The molecule has 158 valence electrons. The Hall–Kier alpha value is -1.18. The lowest BCUT2D eigenvalue weighted by molar-refractivity contribution is -0.0802. The van der Waals surface area contributed by atoms with Crippen molar-refractivity contribution in [3.63, 3.8) is 0 Å². The molecule has 2 atom stereocenters. The van der Waals surface area contributed by atoms with E-state index in [9.17, 15) is 10.2 Å². The van der Waals surface area contributed by atoms with Crippen molar-refractivity contribution in [2.75, 3.05) is 59.2 Å². The SMILES string of the molecule is CCC[C@]1(CO)CCN(Cc2ccc(OCCN3CCOCC3)cc2)C[C@@H]1O. The van der Waals surface area contributed by atoms with Crippen LogP contribution in [0.15, 0.2) is 24.3 Å². The van der Waals surface area contributed by atoms with Gasteiger partial charge in [0.05, 0.1) is 25.9 Å². The van der Waals surface area contributed by atoms with Crippen LogP contribution in [-0.2, 0) is 11.3 Å². The first-order chi connectivity index (χ1) is 13.6. The van der Waals surface area contributed by atoms with E-state index in [1.165, 1.54) is 5.56 Å². The van der Waals surface area contributed by atoms with Gasteiger partial charge in [0.2, 0.25) is 0 Å². The Kier molecular flexibility index (Phi) is 8.11. The molecule has 6 nitrogen and oxygen atoms in total. The summed E-state index contributed by atoms with van der Waals surface area (Å²) in [5.74, 6) is 0.901. The summed E-state index contributed by atoms with van der Waals surface area (Å²) in [5, 5.41) is 20.4. The summed E-state index contributed by atoms with van der Waals surface area (Å²) in [5.41, 5.74) is 0.906. The van der Waals surface area contributed by atoms with Crippen molar-refractivity contribution in [1.82, 2.24) is 9.80 Å². The topological polar surface area (TPSA) is 65.4 Å². The van der Waals surface area contributed by atoms with Gasteiger partial charge in [0.1, 0.15) is 12.4 Å². The minimum Gasteiger partial charge on any atom is -0.492 e. The fraction of sp³-hybridized carbons (Fsp3) is 0.727. The first kappa shape index (κ1) is 21.5. The van der Waals surface area contributed by atoms with Gasteiger partial charge in [-0.15, -0.1) is 0 Å². The zero-order chi connectivity index (χ0) is 19.8. The van der Waals surface area contributed by atoms with E-state index in [0.29, 0.717) is 13.2 Å². The standard InChI is InChI=1S/C22H36N2O4/c1-2-7-22(18-25)8-9-24(17-21(22)26)16-19-3-5-20(6-4-19)28-15-12-23-10-13-27-14-11-23/h3-6,21,25-26H,2,7-18H2,1H3/t21-,22+/m0/s1. The van der Waals surface area contributed by atoms with Crippen LogP contribution in [0.4, 0.5) is 0 Å². The fourth-order valence-electron chi connectivity index (χ4n) is 4.34. The number of aliphatic hydroxyl groups is 2. The van der Waals surface area contributed by atoms with Crippen molar-refractivity contribution >= 4 is 0 Å². The molecule has 1 aromatic rings. The van der Waals surface area contributed by atoms with Gasteiger partial charge < -0.3 is 19.7 Å². The maximum Gasteiger partial charge on any atom is 0.119 e. The van der Waals surface area contributed by atoms with Crippen molar-refractivity contribution < 1.29 is 19.7 Å². The van der Waals surface area contributed by atoms with Gasteiger partial charge in [-0.1, -0.05) is 25.5 Å². The van der Waals surface area contributed by atoms with Crippen LogP contribution in [0, 0.1) is 5.41 Å². The number of aliphatic hydroxyl groups excluding tert-OH is 2. The van der Waals surface area contributed by atoms with E-state index in [-0.39, 0.29) is 12.0 Å². The average molecular weight is 393 g/mol. The van der Waals surface area contributed by atoms with E-state index in [4.69, 9.17) is 9.47 Å². The summed E-state index contributed by atoms with van der Waals surface area (Å²) in [6, 6.07) is 8.28. The molecular formula is C22H36N2O4. The molecule has 2 aliphatic rings. The largest absolute Gasteiger partial charge is 0.492 e. The molecule has 3 rings (SSSR count). The average Bonchev–Trinajstić information content (AvgIpc) is 2.72. The Balaban J connectivity index is 1.43. The quantitative estimate of drug-likeness (QED) is 0.667. The molecule has 0 radical (unpaired) electrons. The number of morpholine rings is 1. The second-order valence-corrected chi connectivity index (χ2v) is 8.22. The molecule has 0 aromatic heterocycles. The minimum atomic E-state index is -0.464. The van der Waals surface area contributed by atoms with Crippen molar-refractivity contribution in [2.45, 2.75) is 38.8 Å². The first-order valence-corrected chi connectivity index (χ1v) is 10.7. The monoisotopic (exact) mass is 392 g/mol. The molecule has 0 spiro atoms. The lowest BCUT2D eigenvalue weighted by atomic mass is 9.73. The number of piperidine rings is 1. The fourth-order valence-corrected chi connectivity index (χ4v) is 4.34. The molecule has 0 saturated carbocycles. The predicted octanol–water partition coefficient (Wildman–Crippen LogP) is 1.74. The maximum atomic E-state index is 10.6. The van der Waals surface area contributed by atoms with E-state index >= 15 is 0 Å². The van der Waals surface area contributed by atoms with Gasteiger partial charge in [0.25, 0.3) is 0 Å². The van der Waals surface area contributed by atoms with Crippen LogP contribution in [0.1, 0.15) is 31.7 Å². The van der Waals surface area contributed by atoms with Crippen molar-refractivity contribution in [3.05, 3.63) is 29.8 Å². The van der Waals surface area contributed by atoms with Crippen molar-refractivity contribution in [2.24, 2.45) is 5.41 Å². The third-order valence-corrected chi connectivity index (χ3v) is 6.24. The van der Waals surface area contributed by atoms with Gasteiger partial charge in [-0.05, 0) is 37.1 Å². The number of β-amino-alcohol motifs (C(OH)–C–C–N with tert-alkyl or cyclic N) is 1. The van der Waals surface area contributed by atoms with Gasteiger partial charge in [0, 0.05) is 38.1 Å². The van der Waals surface area contributed by atoms with Crippen LogP contribution in [-0.4, -0.2) is 85.3 Å². The van der Waals surface area contributed by atoms with Crippen molar-refractivity contribution in [1.29, 1.82) is 0 Å². The molecular weight excluding hydrogens is 356 g/mol. The molecule has 0 bridgehead atoms. The van der Waals surface area contributed by atoms with Crippen LogP contribution < -0.4 is 4.74 Å². The lowest BCUT2D eigenvalue weighted by Gasteiger charge is -2.44. The highest BCUT2D eigenvalue weighted by Gasteiger charge is 2.40. The number of hydrogen-bond donors (Lipinski definition) is 2. The number of rotatable bonds is 9. The van der Waals surface area contributed by atoms with E-state index < -0.39 is 6.10 Å². The summed E-state index contributed by atoms with van der Waals surface area (Å²) in [4.78, 5) is 4.65. The van der Waals surface area contributed by atoms with E-state index in [1.54, 1.807) is 0 Å². The van der Waals surface area contributed by atoms with Gasteiger partial charge in [-0.2, -0.15) is 0 Å². The minimum absolute atomic E-state index is 0.0757. The zero-order valence-electron chi connectivity index (χ0n) is 17.2. The Labute approximate surface area is 169 Å². The number of nitrogens with zero attached hydrogens (tertiary/aromatic N) is 2. The van der Waals surface area contributed by atoms with Crippen LogP contribution in [0.25, 0.3) is 0 Å². The number of benzene rings is 1. The predicted molar refractivity (Wildman–Crippen MR) is 110 cm³/mol. The molecule has 6 heteroatoms. The van der Waals surface area contributed by atoms with Gasteiger partial charge in [-0.25, -0.2) is 0 Å². The van der Waals surface area contributed by atoms with Crippen LogP contribution in [0.2, 0.25) is 0 Å². The summed E-state index contributed by atoms with van der Waals surface area (Å²) < 4.78 is 11.2. The number of hydrogen-bond acceptors (Lipinski definition) is 6. The Morgan fingerprint density at radius 1 is 1.14 bits per heavy atom. The Bertz CT molecular complexity index is 576. The third-order valence-electron chi connectivity index (χ3n) is 6.24. The molecule has 2 N–H and O–H groups in total. The second-order valence-electron chi connectivity index (χ2n) is 8.22. The first-order valence-electron chi connectivity index (χ1n) is 10.7. The molecule has 28 heavy (non-hydrogen) atoms. The van der Waals surface area contributed by atoms with Crippen LogP contribution >= 0.6 is 0 Å². The van der Waals surface area contributed by atoms with Crippen molar-refractivity contribution in [3.8, 4) is 5.75 Å². The molecule has 2 heterocycles. The summed E-state index contributed by atoms with van der Waals surface area (Å²) in [6.45, 7) is 9.77. The second kappa shape index (κ2) is 10.6. The molecule has 0 aliphatic carbocycles. The molecule has 1 aromatic carbocycles. The third kappa shape index (κ3) is 5.67. The maximum absolute atomic E-state index is 10.6. The van der Waals surface area contributed by atoms with Crippen LogP contribution in [0.3, 0.4) is 0 Å². The molecule has 0 amide bonds. The van der Waals surface area contributed by atoms with E-state index in [1.807, 2.05) is 12.1 Å². The highest BCUT2D eigenvalue weighted by Crippen LogP contribution is 2.36.